The van der Waals surface area contributed by atoms with Crippen LogP contribution in [0.2, 0.25) is 0 Å². The highest BCUT2D eigenvalue weighted by atomic mass is 32.2. The van der Waals surface area contributed by atoms with Gasteiger partial charge in [-0.15, -0.1) is 30.2 Å². The molecule has 8 nitrogen and oxygen atoms in total. The zero-order chi connectivity index (χ0) is 19.1. The van der Waals surface area contributed by atoms with Crippen molar-refractivity contribution in [2.75, 3.05) is 5.75 Å². The van der Waals surface area contributed by atoms with Gasteiger partial charge in [0.2, 0.25) is 0 Å². The topological polar surface area (TPSA) is 85.6 Å². The number of fused-ring (bicyclic) bond motifs is 1. The predicted octanol–water partition coefficient (Wildman–Crippen LogP) is 4.87. The molecule has 26 heavy (non-hydrogen) atoms. The highest BCUT2D eigenvalue weighted by Gasteiger charge is 2.28. The second kappa shape index (κ2) is 7.07. The van der Waals surface area contributed by atoms with E-state index in [-0.39, 0.29) is 5.41 Å². The normalized spacial score (nSPS) is 12.9. The maximum absolute atomic E-state index is 4.69. The Morgan fingerprint density at radius 2 is 1.88 bits per heavy atom. The van der Waals surface area contributed by atoms with Crippen molar-refractivity contribution in [2.45, 2.75) is 57.2 Å². The molecule has 0 N–H and O–H groups in total. The number of azo groups is 1. The molecule has 0 atom stereocenters. The van der Waals surface area contributed by atoms with E-state index in [0.717, 1.165) is 32.9 Å². The number of hydrogen-bond acceptors (Lipinski definition) is 8. The Morgan fingerprint density at radius 1 is 1.15 bits per heavy atom. The van der Waals surface area contributed by atoms with E-state index in [9.17, 15) is 0 Å². The summed E-state index contributed by atoms with van der Waals surface area (Å²) in [5.74, 6) is 2.21. The lowest BCUT2D eigenvalue weighted by atomic mass is 9.91. The van der Waals surface area contributed by atoms with Crippen LogP contribution in [0.3, 0.4) is 0 Å². The van der Waals surface area contributed by atoms with E-state index >= 15 is 0 Å². The first kappa shape index (κ1) is 19.0. The van der Waals surface area contributed by atoms with Crippen LogP contribution in [0, 0.1) is 0 Å². The summed E-state index contributed by atoms with van der Waals surface area (Å²) in [5, 5.41) is 26.9. The molecule has 3 rings (SSSR count). The third-order valence-electron chi connectivity index (χ3n) is 3.80. The molecule has 3 aromatic heterocycles. The summed E-state index contributed by atoms with van der Waals surface area (Å²) in [4.78, 5) is 0. The molecule has 0 radical (unpaired) electrons. The maximum atomic E-state index is 4.69. The van der Waals surface area contributed by atoms with Crippen LogP contribution in [0.15, 0.2) is 14.6 Å². The van der Waals surface area contributed by atoms with Crippen molar-refractivity contribution in [1.29, 1.82) is 0 Å². The zero-order valence-electron chi connectivity index (χ0n) is 16.2. The molecule has 3 aromatic rings. The van der Waals surface area contributed by atoms with Gasteiger partial charge in [0.15, 0.2) is 15.7 Å². The first-order chi connectivity index (χ1) is 12.2. The van der Waals surface area contributed by atoms with Crippen LogP contribution >= 0.6 is 23.1 Å². The molecule has 3 heterocycles. The van der Waals surface area contributed by atoms with Gasteiger partial charge in [0.25, 0.3) is 5.13 Å². The SMILES string of the molecule is CCSc1nnc(N=Nc2c(C(C)(C)C)nn3nc(C(C)C)n(C)c23)s1. The largest absolute Gasteiger partial charge is 0.312 e. The number of nitrogens with zero attached hydrogens (tertiary/aromatic N) is 8. The van der Waals surface area contributed by atoms with Crippen molar-refractivity contribution in [1.82, 2.24) is 29.6 Å². The highest BCUT2D eigenvalue weighted by Crippen LogP contribution is 2.36. The van der Waals surface area contributed by atoms with Crippen LogP contribution in [0.25, 0.3) is 5.65 Å². The van der Waals surface area contributed by atoms with Crippen molar-refractivity contribution >= 4 is 39.6 Å². The summed E-state index contributed by atoms with van der Waals surface area (Å²) in [7, 11) is 1.99. The monoisotopic (exact) mass is 392 g/mol. The Labute approximate surface area is 161 Å². The van der Waals surface area contributed by atoms with E-state index in [0.29, 0.717) is 11.0 Å². The Balaban J connectivity index is 2.10. The smallest absolute Gasteiger partial charge is 0.252 e. The van der Waals surface area contributed by atoms with Crippen LogP contribution < -0.4 is 0 Å². The number of rotatable bonds is 5. The second-order valence-corrected chi connectivity index (χ2v) is 9.78. The van der Waals surface area contributed by atoms with Crippen LogP contribution in [-0.2, 0) is 12.5 Å². The Hall–Kier alpha value is -1.81. The standard InChI is InChI=1S/C16H24N8S2/c1-8-25-15-20-19-14(26-15)18-17-10-11(16(4,5)6)21-24-13(10)23(7)12(22-24)9(2)3/h9H,8H2,1-7H3. The van der Waals surface area contributed by atoms with Crippen molar-refractivity contribution in [3.63, 3.8) is 0 Å². The van der Waals surface area contributed by atoms with Crippen molar-refractivity contribution < 1.29 is 0 Å². The average molecular weight is 393 g/mol. The lowest BCUT2D eigenvalue weighted by molar-refractivity contribution is 0.555. The minimum Gasteiger partial charge on any atom is -0.312 e. The number of aromatic nitrogens is 6. The third-order valence-corrected chi connectivity index (χ3v) is 5.63. The number of thioether (sulfide) groups is 1. The molecule has 0 saturated carbocycles. The molecule has 0 aliphatic rings. The molecular weight excluding hydrogens is 368 g/mol. The van der Waals surface area contributed by atoms with Gasteiger partial charge >= 0.3 is 0 Å². The van der Waals surface area contributed by atoms with Gasteiger partial charge in [0, 0.05) is 18.4 Å². The van der Waals surface area contributed by atoms with Crippen molar-refractivity contribution in [2.24, 2.45) is 17.3 Å². The fraction of sp³-hybridized carbons (Fsp3) is 0.625. The first-order valence-electron chi connectivity index (χ1n) is 8.56. The lowest BCUT2D eigenvalue weighted by Gasteiger charge is -2.15. The fourth-order valence-electron chi connectivity index (χ4n) is 2.64. The Bertz CT molecular complexity index is 942. The van der Waals surface area contributed by atoms with Gasteiger partial charge in [0.1, 0.15) is 5.82 Å². The minimum atomic E-state index is -0.176. The first-order valence-corrected chi connectivity index (χ1v) is 10.4. The van der Waals surface area contributed by atoms with E-state index < -0.39 is 0 Å². The predicted molar refractivity (Wildman–Crippen MR) is 105 cm³/mol. The molecule has 10 heteroatoms. The van der Waals surface area contributed by atoms with E-state index in [1.165, 1.54) is 11.3 Å². The highest BCUT2D eigenvalue weighted by molar-refractivity contribution is 8.01. The molecule has 0 unspecified atom stereocenters. The van der Waals surface area contributed by atoms with E-state index in [1.807, 2.05) is 11.6 Å². The molecule has 0 aromatic carbocycles. The molecule has 0 saturated heterocycles. The summed E-state index contributed by atoms with van der Waals surface area (Å²) >= 11 is 3.09. The van der Waals surface area contributed by atoms with Gasteiger partial charge in [-0.05, 0) is 5.75 Å². The molecule has 0 fully saturated rings. The number of aryl methyl sites for hydroxylation is 1. The van der Waals surface area contributed by atoms with Crippen molar-refractivity contribution in [3.05, 3.63) is 11.5 Å². The lowest BCUT2D eigenvalue weighted by Crippen LogP contribution is -2.13. The summed E-state index contributed by atoms with van der Waals surface area (Å²) in [6, 6.07) is 0. The summed E-state index contributed by atoms with van der Waals surface area (Å²) in [5.41, 5.74) is 2.27. The molecule has 0 aliphatic heterocycles. The van der Waals surface area contributed by atoms with E-state index in [4.69, 9.17) is 0 Å². The quantitative estimate of drug-likeness (QED) is 0.457. The summed E-state index contributed by atoms with van der Waals surface area (Å²) < 4.78 is 4.61. The Morgan fingerprint density at radius 3 is 2.50 bits per heavy atom. The second-order valence-electron chi connectivity index (χ2n) is 7.32. The van der Waals surface area contributed by atoms with Gasteiger partial charge in [-0.3, -0.25) is 0 Å². The van der Waals surface area contributed by atoms with Gasteiger partial charge in [-0.25, -0.2) is 0 Å². The van der Waals surface area contributed by atoms with Gasteiger partial charge in [-0.1, -0.05) is 64.6 Å². The van der Waals surface area contributed by atoms with E-state index in [2.05, 4.69) is 72.2 Å². The third kappa shape index (κ3) is 3.52. The van der Waals surface area contributed by atoms with Crippen LogP contribution in [0.5, 0.6) is 0 Å². The zero-order valence-corrected chi connectivity index (χ0v) is 17.8. The molecule has 0 amide bonds. The number of hydrogen-bond donors (Lipinski definition) is 0. The Kier molecular flexibility index (Phi) is 5.16. The molecule has 0 aliphatic carbocycles. The molecule has 0 bridgehead atoms. The summed E-state index contributed by atoms with van der Waals surface area (Å²) in [6.45, 7) is 12.6. The molecule has 140 valence electrons. The van der Waals surface area contributed by atoms with Crippen LogP contribution in [-0.4, -0.2) is 35.3 Å². The van der Waals surface area contributed by atoms with Gasteiger partial charge in [0.05, 0.1) is 5.69 Å². The van der Waals surface area contributed by atoms with Crippen molar-refractivity contribution in [3.8, 4) is 0 Å². The molecule has 0 spiro atoms. The van der Waals surface area contributed by atoms with Crippen LogP contribution in [0.4, 0.5) is 10.8 Å². The fourth-order valence-corrected chi connectivity index (χ4v) is 4.20. The average Bonchev–Trinajstić information content (AvgIpc) is 3.20. The maximum Gasteiger partial charge on any atom is 0.252 e. The van der Waals surface area contributed by atoms with Crippen LogP contribution in [0.1, 0.15) is 59.0 Å². The van der Waals surface area contributed by atoms with E-state index in [1.54, 1.807) is 16.4 Å². The minimum absolute atomic E-state index is 0.176. The molecular formula is C16H24N8S2. The summed E-state index contributed by atoms with van der Waals surface area (Å²) in [6.07, 6.45) is 0. The van der Waals surface area contributed by atoms with Gasteiger partial charge < -0.3 is 4.57 Å². The van der Waals surface area contributed by atoms with Gasteiger partial charge in [-0.2, -0.15) is 5.10 Å².